The number of hydrogen-bond acceptors (Lipinski definition) is 15. The van der Waals surface area contributed by atoms with Gasteiger partial charge in [-0.25, -0.2) is 0 Å². The number of ketones is 1. The first kappa shape index (κ1) is 33.2. The number of rotatable bonds is 10. The standard InChI is InChI=1S/C3H2O3.4C2H2O3/c4-1-3(6)2-5;4*3-1-5-2-4/h1-2H;4*1-2H. The summed E-state index contributed by atoms with van der Waals surface area (Å²) in [6.45, 7) is 0.500. The minimum atomic E-state index is -1.02. The molecule has 144 valence electrons. The summed E-state index contributed by atoms with van der Waals surface area (Å²) in [5, 5.41) is 0. The van der Waals surface area contributed by atoms with Gasteiger partial charge in [-0.05, 0) is 0 Å². The molecule has 26 heavy (non-hydrogen) atoms. The van der Waals surface area contributed by atoms with E-state index < -0.39 is 5.78 Å². The Kier molecular flexibility index (Phi) is 63.7. The van der Waals surface area contributed by atoms with Crippen LogP contribution in [-0.2, 0) is 71.7 Å². The summed E-state index contributed by atoms with van der Waals surface area (Å²) in [6.07, 6.45) is -0.0694. The van der Waals surface area contributed by atoms with Crippen molar-refractivity contribution in [3.63, 3.8) is 0 Å². The monoisotopic (exact) mass is 382 g/mol. The molecule has 0 saturated heterocycles. The first-order valence-corrected chi connectivity index (χ1v) is 5.02. The predicted molar refractivity (Wildman–Crippen MR) is 70.0 cm³/mol. The Balaban J connectivity index is -0.0000000708. The number of ether oxygens (including phenoxy) is 4. The van der Waals surface area contributed by atoms with Crippen molar-refractivity contribution in [1.82, 2.24) is 0 Å². The molecule has 0 aliphatic rings. The number of hydrogen-bond donors (Lipinski definition) is 0. The summed E-state index contributed by atoms with van der Waals surface area (Å²) in [5.74, 6) is -1.02. The van der Waals surface area contributed by atoms with Crippen LogP contribution in [0, 0.1) is 0 Å². The predicted octanol–water partition coefficient (Wildman–Crippen LogP) is -3.78. The van der Waals surface area contributed by atoms with E-state index in [2.05, 4.69) is 18.9 Å². The van der Waals surface area contributed by atoms with Crippen LogP contribution in [0.5, 0.6) is 0 Å². The molecule has 0 aromatic rings. The second-order valence-corrected chi connectivity index (χ2v) is 1.95. The van der Waals surface area contributed by atoms with Gasteiger partial charge in [0.05, 0.1) is 0 Å². The van der Waals surface area contributed by atoms with Gasteiger partial charge in [-0.2, -0.15) is 0 Å². The first-order chi connectivity index (χ1) is 12.5. The molecule has 0 aromatic heterocycles. The molecule has 0 bridgehead atoms. The average molecular weight is 382 g/mol. The topological polar surface area (TPSA) is 225 Å². The van der Waals surface area contributed by atoms with Gasteiger partial charge >= 0.3 is 51.8 Å². The number of Topliss-reactive ketones (excluding diaryl/α,β-unsaturated/α-hetero) is 1. The zero-order valence-corrected chi connectivity index (χ0v) is 12.4. The van der Waals surface area contributed by atoms with Crippen LogP contribution < -0.4 is 0 Å². The SMILES string of the molecule is O=CC(=O)C=O.O=COC=O.O=COC=O.O=COC=O.O=COC=O. The van der Waals surface area contributed by atoms with Crippen LogP contribution in [0.15, 0.2) is 0 Å². The van der Waals surface area contributed by atoms with E-state index in [1.807, 2.05) is 0 Å². The lowest BCUT2D eigenvalue weighted by atomic mass is 10.5. The van der Waals surface area contributed by atoms with Gasteiger partial charge in [-0.3, -0.25) is 52.7 Å². The minimum Gasteiger partial charge on any atom is -0.398 e. The highest BCUT2D eigenvalue weighted by Gasteiger charge is 1.87. The van der Waals surface area contributed by atoms with Crippen LogP contribution >= 0.6 is 0 Å². The van der Waals surface area contributed by atoms with Gasteiger partial charge < -0.3 is 18.9 Å². The van der Waals surface area contributed by atoms with Crippen molar-refractivity contribution < 1.29 is 71.7 Å². The highest BCUT2D eigenvalue weighted by Crippen LogP contribution is 1.45. The molecule has 0 aliphatic heterocycles. The molecule has 0 heterocycles. The third kappa shape index (κ3) is 118. The third-order valence-corrected chi connectivity index (χ3v) is 0.677. The number of carbonyl (C=O) groups excluding carboxylic acids is 11. The van der Waals surface area contributed by atoms with E-state index >= 15 is 0 Å². The molecule has 0 aromatic carbocycles. The molecule has 0 fully saturated rings. The maximum Gasteiger partial charge on any atom is 0.300 e. The van der Waals surface area contributed by atoms with Crippen molar-refractivity contribution in [2.75, 3.05) is 0 Å². The molecular formula is C11H10O15. The van der Waals surface area contributed by atoms with E-state index in [1.54, 1.807) is 0 Å². The van der Waals surface area contributed by atoms with Crippen LogP contribution in [0.25, 0.3) is 0 Å². The van der Waals surface area contributed by atoms with E-state index in [0.29, 0.717) is 0 Å². The van der Waals surface area contributed by atoms with Gasteiger partial charge in [0.15, 0.2) is 12.6 Å². The van der Waals surface area contributed by atoms with Crippen LogP contribution in [0.4, 0.5) is 0 Å². The Labute approximate surface area is 143 Å². The first-order valence-electron chi connectivity index (χ1n) is 5.02. The smallest absolute Gasteiger partial charge is 0.300 e. The largest absolute Gasteiger partial charge is 0.398 e. The maximum atomic E-state index is 9.44. The molecule has 15 nitrogen and oxygen atoms in total. The Morgan fingerprint density at radius 3 is 0.538 bits per heavy atom. The van der Waals surface area contributed by atoms with Gasteiger partial charge in [0.2, 0.25) is 0 Å². The van der Waals surface area contributed by atoms with E-state index in [9.17, 15) is 4.79 Å². The van der Waals surface area contributed by atoms with E-state index in [4.69, 9.17) is 47.9 Å². The number of aldehydes is 2. The van der Waals surface area contributed by atoms with Gasteiger partial charge in [0.1, 0.15) is 0 Å². The fourth-order valence-corrected chi connectivity index (χ4v) is 0.118. The molecular weight excluding hydrogens is 372 g/mol. The van der Waals surface area contributed by atoms with Crippen molar-refractivity contribution in [3.8, 4) is 0 Å². The van der Waals surface area contributed by atoms with Crippen LogP contribution in [0.2, 0.25) is 0 Å². The Hall–Kier alpha value is -4.43. The Morgan fingerprint density at radius 1 is 0.385 bits per heavy atom. The lowest BCUT2D eigenvalue weighted by Gasteiger charge is -1.65. The van der Waals surface area contributed by atoms with E-state index in [1.165, 1.54) is 0 Å². The molecule has 0 saturated carbocycles. The van der Waals surface area contributed by atoms with Crippen molar-refractivity contribution in [3.05, 3.63) is 0 Å². The van der Waals surface area contributed by atoms with Gasteiger partial charge in [0, 0.05) is 0 Å². The molecule has 15 heteroatoms. The molecule has 0 spiro atoms. The van der Waals surface area contributed by atoms with Gasteiger partial charge in [-0.15, -0.1) is 0 Å². The van der Waals surface area contributed by atoms with Crippen molar-refractivity contribution >= 4 is 70.1 Å². The fourth-order valence-electron chi connectivity index (χ4n) is 0.118. The molecule has 0 rings (SSSR count). The molecule has 0 atom stereocenters. The summed E-state index contributed by atoms with van der Waals surface area (Å²) in [6, 6.07) is 0. The normalized spacial score (nSPS) is 5.85. The van der Waals surface area contributed by atoms with Crippen LogP contribution in [0.1, 0.15) is 0 Å². The quantitative estimate of drug-likeness (QED) is 0.153. The molecule has 0 aliphatic carbocycles. The average Bonchev–Trinajstić information content (AvgIpc) is 2.66. The summed E-state index contributed by atoms with van der Waals surface area (Å²) in [5.41, 5.74) is 0. The highest BCUT2D eigenvalue weighted by molar-refractivity contribution is 6.50. The lowest BCUT2D eigenvalue weighted by molar-refractivity contribution is -0.143. The Bertz CT molecular complexity index is 337. The fraction of sp³-hybridized carbons (Fsp3) is 0. The summed E-state index contributed by atoms with van der Waals surface area (Å²) in [7, 11) is 0. The third-order valence-electron chi connectivity index (χ3n) is 0.677. The molecule has 0 unspecified atom stereocenters. The molecule has 0 N–H and O–H groups in total. The van der Waals surface area contributed by atoms with Crippen LogP contribution in [-0.4, -0.2) is 70.1 Å². The number of carbonyl (C=O) groups is 11. The van der Waals surface area contributed by atoms with E-state index in [-0.39, 0.29) is 64.4 Å². The van der Waals surface area contributed by atoms with Gasteiger partial charge in [0.25, 0.3) is 5.78 Å². The summed E-state index contributed by atoms with van der Waals surface area (Å²) < 4.78 is 13.9. The second kappa shape index (κ2) is 49.9. The van der Waals surface area contributed by atoms with Crippen molar-refractivity contribution in [2.24, 2.45) is 0 Å². The molecule has 0 amide bonds. The zero-order chi connectivity index (χ0) is 21.5. The second-order valence-electron chi connectivity index (χ2n) is 1.95. The van der Waals surface area contributed by atoms with E-state index in [0.717, 1.165) is 0 Å². The Morgan fingerprint density at radius 2 is 0.538 bits per heavy atom. The molecule has 0 radical (unpaired) electrons. The lowest BCUT2D eigenvalue weighted by Crippen LogP contribution is -1.97. The van der Waals surface area contributed by atoms with Crippen molar-refractivity contribution in [1.29, 1.82) is 0 Å². The summed E-state index contributed by atoms with van der Waals surface area (Å²) in [4.78, 5) is 99.4. The highest BCUT2D eigenvalue weighted by atomic mass is 16.6. The minimum absolute atomic E-state index is 0.0347. The van der Waals surface area contributed by atoms with Crippen molar-refractivity contribution in [2.45, 2.75) is 0 Å². The van der Waals surface area contributed by atoms with Gasteiger partial charge in [-0.1, -0.05) is 0 Å². The zero-order valence-electron chi connectivity index (χ0n) is 12.4. The maximum absolute atomic E-state index is 9.44. The summed E-state index contributed by atoms with van der Waals surface area (Å²) >= 11 is 0. The van der Waals surface area contributed by atoms with Crippen LogP contribution in [0.3, 0.4) is 0 Å².